The molecule has 0 fully saturated rings. The first-order valence-electron chi connectivity index (χ1n) is 4.58. The maximum atomic E-state index is 11.4. The van der Waals surface area contributed by atoms with Crippen molar-refractivity contribution in [3.8, 4) is 11.9 Å². The average molecular weight is 222 g/mol. The second-order valence-electron chi connectivity index (χ2n) is 3.13. The summed E-state index contributed by atoms with van der Waals surface area (Å²) in [6.45, 7) is 1.85. The molecule has 0 aromatic carbocycles. The molecular weight excluding hydrogens is 212 g/mol. The summed E-state index contributed by atoms with van der Waals surface area (Å²) in [7, 11) is 0. The number of nitrogens with zero attached hydrogens (tertiary/aromatic N) is 2. The van der Waals surface area contributed by atoms with E-state index in [4.69, 9.17) is 10.4 Å². The van der Waals surface area contributed by atoms with Crippen LogP contribution in [0.25, 0.3) is 0 Å². The largest absolute Gasteiger partial charge is 0.493 e. The van der Waals surface area contributed by atoms with Gasteiger partial charge in [0.15, 0.2) is 0 Å². The van der Waals surface area contributed by atoms with Crippen molar-refractivity contribution in [3.05, 3.63) is 27.5 Å². The maximum absolute atomic E-state index is 11.4. The molecule has 0 saturated heterocycles. The third-order valence-corrected chi connectivity index (χ3v) is 2.13. The predicted octanol–water partition coefficient (Wildman–Crippen LogP) is 0.0726. The lowest BCUT2D eigenvalue weighted by molar-refractivity contribution is -0.136. The van der Waals surface area contributed by atoms with Gasteiger partial charge in [0.05, 0.1) is 6.42 Å². The molecule has 0 amide bonds. The summed E-state index contributed by atoms with van der Waals surface area (Å²) in [5, 5.41) is 27.0. The number of aromatic nitrogens is 1. The lowest BCUT2D eigenvalue weighted by Gasteiger charge is -2.09. The monoisotopic (exact) mass is 222 g/mol. The molecular formula is C10H10N2O4. The number of carboxylic acids is 1. The fraction of sp³-hybridized carbons (Fsp3) is 0.300. The molecule has 0 bridgehead atoms. The number of carboxylic acid groups (broad SMARTS) is 1. The molecule has 84 valence electrons. The van der Waals surface area contributed by atoms with E-state index >= 15 is 0 Å². The number of nitriles is 1. The minimum Gasteiger partial charge on any atom is -0.493 e. The molecule has 16 heavy (non-hydrogen) atoms. The van der Waals surface area contributed by atoms with Crippen LogP contribution in [0.3, 0.4) is 0 Å². The molecule has 0 saturated carbocycles. The van der Waals surface area contributed by atoms with E-state index in [1.165, 1.54) is 0 Å². The van der Waals surface area contributed by atoms with Crippen LogP contribution in [0.1, 0.15) is 18.1 Å². The average Bonchev–Trinajstić information content (AvgIpc) is 2.17. The van der Waals surface area contributed by atoms with Gasteiger partial charge in [0, 0.05) is 12.6 Å². The third-order valence-electron chi connectivity index (χ3n) is 2.13. The molecule has 0 radical (unpaired) electrons. The molecule has 0 atom stereocenters. The van der Waals surface area contributed by atoms with Crippen LogP contribution in [-0.2, 0) is 17.8 Å². The molecule has 1 aromatic rings. The number of hydrogen-bond donors (Lipinski definition) is 2. The standard InChI is InChI=1S/C10H10N2O4/c1-2-12-8(13)3-6(4-9(14)15)7(5-11)10(12)16/h3,16H,2,4H2,1H3,(H,14,15). The van der Waals surface area contributed by atoms with Gasteiger partial charge in [0.2, 0.25) is 5.88 Å². The number of aliphatic carboxylic acids is 1. The first-order chi connectivity index (χ1) is 7.51. The highest BCUT2D eigenvalue weighted by atomic mass is 16.4. The van der Waals surface area contributed by atoms with E-state index in [1.807, 2.05) is 0 Å². The van der Waals surface area contributed by atoms with Crippen molar-refractivity contribution in [2.75, 3.05) is 0 Å². The summed E-state index contributed by atoms with van der Waals surface area (Å²) in [4.78, 5) is 22.0. The molecule has 1 rings (SSSR count). The first-order valence-corrected chi connectivity index (χ1v) is 4.58. The minimum absolute atomic E-state index is 0.0298. The molecule has 0 aliphatic rings. The second-order valence-corrected chi connectivity index (χ2v) is 3.13. The quantitative estimate of drug-likeness (QED) is 0.753. The molecule has 2 N–H and O–H groups in total. The number of hydrogen-bond acceptors (Lipinski definition) is 4. The van der Waals surface area contributed by atoms with Crippen molar-refractivity contribution in [1.82, 2.24) is 4.57 Å². The summed E-state index contributed by atoms with van der Waals surface area (Å²) >= 11 is 0. The van der Waals surface area contributed by atoms with Crippen LogP contribution in [0.5, 0.6) is 5.88 Å². The molecule has 0 unspecified atom stereocenters. The van der Waals surface area contributed by atoms with Crippen LogP contribution in [0.15, 0.2) is 10.9 Å². The van der Waals surface area contributed by atoms with Gasteiger partial charge < -0.3 is 10.2 Å². The lowest BCUT2D eigenvalue weighted by Crippen LogP contribution is -2.21. The Morgan fingerprint density at radius 3 is 2.69 bits per heavy atom. The summed E-state index contributed by atoms with van der Waals surface area (Å²) < 4.78 is 1.00. The smallest absolute Gasteiger partial charge is 0.307 e. The van der Waals surface area contributed by atoms with Crippen LogP contribution in [-0.4, -0.2) is 20.7 Å². The molecule has 0 spiro atoms. The van der Waals surface area contributed by atoms with Gasteiger partial charge in [-0.15, -0.1) is 0 Å². The van der Waals surface area contributed by atoms with Crippen LogP contribution in [0, 0.1) is 11.3 Å². The zero-order chi connectivity index (χ0) is 12.3. The van der Waals surface area contributed by atoms with Gasteiger partial charge in [0.25, 0.3) is 5.56 Å². The number of carbonyl (C=O) groups is 1. The van der Waals surface area contributed by atoms with Crippen LogP contribution >= 0.6 is 0 Å². The number of pyridine rings is 1. The van der Waals surface area contributed by atoms with Gasteiger partial charge >= 0.3 is 5.97 Å². The van der Waals surface area contributed by atoms with Gasteiger partial charge in [-0.25, -0.2) is 0 Å². The van der Waals surface area contributed by atoms with Crippen molar-refractivity contribution >= 4 is 5.97 Å². The highest BCUT2D eigenvalue weighted by molar-refractivity contribution is 5.71. The fourth-order valence-corrected chi connectivity index (χ4v) is 1.41. The van der Waals surface area contributed by atoms with E-state index < -0.39 is 23.8 Å². The summed E-state index contributed by atoms with van der Waals surface area (Å²) in [6, 6.07) is 2.76. The Kier molecular flexibility index (Phi) is 3.30. The van der Waals surface area contributed by atoms with Gasteiger partial charge in [-0.05, 0) is 12.5 Å². The van der Waals surface area contributed by atoms with Crippen LogP contribution < -0.4 is 5.56 Å². The Morgan fingerprint density at radius 2 is 2.25 bits per heavy atom. The Bertz CT molecular complexity index is 525. The fourth-order valence-electron chi connectivity index (χ4n) is 1.41. The van der Waals surface area contributed by atoms with E-state index in [1.54, 1.807) is 13.0 Å². The Balaban J connectivity index is 3.48. The van der Waals surface area contributed by atoms with Crippen LogP contribution in [0.4, 0.5) is 0 Å². The maximum Gasteiger partial charge on any atom is 0.307 e. The van der Waals surface area contributed by atoms with Crippen molar-refractivity contribution in [3.63, 3.8) is 0 Å². The van der Waals surface area contributed by atoms with Crippen molar-refractivity contribution in [1.29, 1.82) is 5.26 Å². The van der Waals surface area contributed by atoms with Crippen molar-refractivity contribution < 1.29 is 15.0 Å². The Labute approximate surface area is 91.0 Å². The number of rotatable bonds is 3. The van der Waals surface area contributed by atoms with Gasteiger partial charge in [-0.3, -0.25) is 14.2 Å². The van der Waals surface area contributed by atoms with E-state index in [0.717, 1.165) is 10.6 Å². The van der Waals surface area contributed by atoms with E-state index in [9.17, 15) is 14.7 Å². The van der Waals surface area contributed by atoms with Gasteiger partial charge in [0.1, 0.15) is 11.6 Å². The zero-order valence-corrected chi connectivity index (χ0v) is 8.60. The van der Waals surface area contributed by atoms with Crippen molar-refractivity contribution in [2.24, 2.45) is 0 Å². The SMILES string of the molecule is CCn1c(O)c(C#N)c(CC(=O)O)cc1=O. The van der Waals surface area contributed by atoms with E-state index in [0.29, 0.717) is 0 Å². The van der Waals surface area contributed by atoms with E-state index in [2.05, 4.69) is 0 Å². The Hall–Kier alpha value is -2.29. The number of aromatic hydroxyl groups is 1. The van der Waals surface area contributed by atoms with Gasteiger partial charge in [-0.1, -0.05) is 0 Å². The van der Waals surface area contributed by atoms with Gasteiger partial charge in [-0.2, -0.15) is 5.26 Å². The first kappa shape index (κ1) is 11.8. The topological polar surface area (TPSA) is 103 Å². The highest BCUT2D eigenvalue weighted by Gasteiger charge is 2.15. The molecule has 0 aliphatic heterocycles. The Morgan fingerprint density at radius 1 is 1.62 bits per heavy atom. The van der Waals surface area contributed by atoms with Crippen molar-refractivity contribution in [2.45, 2.75) is 19.9 Å². The zero-order valence-electron chi connectivity index (χ0n) is 8.60. The predicted molar refractivity (Wildman–Crippen MR) is 54.1 cm³/mol. The van der Waals surface area contributed by atoms with Crippen LogP contribution in [0.2, 0.25) is 0 Å². The normalized spacial score (nSPS) is 9.75. The molecule has 0 aliphatic carbocycles. The molecule has 6 nitrogen and oxygen atoms in total. The summed E-state index contributed by atoms with van der Waals surface area (Å²) in [5.74, 6) is -1.64. The second kappa shape index (κ2) is 4.49. The molecule has 1 heterocycles. The summed E-state index contributed by atoms with van der Waals surface area (Å²) in [5.41, 5.74) is -0.652. The summed E-state index contributed by atoms with van der Waals surface area (Å²) in [6.07, 6.45) is -0.462. The molecule has 1 aromatic heterocycles. The molecule has 6 heteroatoms. The van der Waals surface area contributed by atoms with E-state index in [-0.39, 0.29) is 17.7 Å². The highest BCUT2D eigenvalue weighted by Crippen LogP contribution is 2.18. The third kappa shape index (κ3) is 2.03. The lowest BCUT2D eigenvalue weighted by atomic mass is 10.1. The minimum atomic E-state index is -1.16.